The molecule has 0 aliphatic carbocycles. The van der Waals surface area contributed by atoms with Crippen LogP contribution < -0.4 is 0 Å². The first-order valence-electron chi connectivity index (χ1n) is 5.20. The summed E-state index contributed by atoms with van der Waals surface area (Å²) in [6.07, 6.45) is 2.61. The molecule has 0 atom stereocenters. The van der Waals surface area contributed by atoms with Crippen molar-refractivity contribution < 1.29 is 48.2 Å². The second-order valence-corrected chi connectivity index (χ2v) is 4.02. The molecule has 0 fully saturated rings. The molecule has 4 N–H and O–H groups in total. The topological polar surface area (TPSA) is 168 Å². The first kappa shape index (κ1) is 24.7. The van der Waals surface area contributed by atoms with Gasteiger partial charge in [0.2, 0.25) is 0 Å². The van der Waals surface area contributed by atoms with E-state index in [1.807, 2.05) is 0 Å². The van der Waals surface area contributed by atoms with E-state index >= 15 is 0 Å². The van der Waals surface area contributed by atoms with Crippen LogP contribution in [-0.4, -0.2) is 51.1 Å². The fraction of sp³-hybridized carbons (Fsp3) is 0.182. The molecule has 10 nitrogen and oxygen atoms in total. The van der Waals surface area contributed by atoms with Crippen LogP contribution in [0.15, 0.2) is 38.0 Å². The summed E-state index contributed by atoms with van der Waals surface area (Å²) in [5.74, 6) is -2.63. The van der Waals surface area contributed by atoms with E-state index in [1.165, 1.54) is 0 Å². The molecule has 0 aliphatic heterocycles. The Balaban J connectivity index is -0.000000298. The number of ether oxygens (including phenoxy) is 1. The van der Waals surface area contributed by atoms with Crippen molar-refractivity contribution in [2.45, 2.75) is 0 Å². The van der Waals surface area contributed by atoms with E-state index in [0.29, 0.717) is 0 Å². The molecule has 0 amide bonds. The smallest absolute Gasteiger partial charge is 0.469 e. The van der Waals surface area contributed by atoms with E-state index in [9.17, 15) is 18.9 Å². The van der Waals surface area contributed by atoms with Crippen LogP contribution in [-0.2, 0) is 28.2 Å². The Morgan fingerprint density at radius 3 is 1.50 bits per heavy atom. The maximum absolute atomic E-state index is 10.3. The third-order valence-corrected chi connectivity index (χ3v) is 1.62. The summed E-state index contributed by atoms with van der Waals surface area (Å²) in [6, 6.07) is 0. The summed E-state index contributed by atoms with van der Waals surface area (Å²) in [6.45, 7) is 8.48. The van der Waals surface area contributed by atoms with Crippen LogP contribution in [0, 0.1) is 0 Å². The molecule has 0 heterocycles. The normalized spacial score (nSPS) is 8.82. The zero-order valence-corrected chi connectivity index (χ0v) is 12.3. The van der Waals surface area contributed by atoms with Crippen LogP contribution in [0.25, 0.3) is 0 Å². The lowest BCUT2D eigenvalue weighted by molar-refractivity contribution is -0.138. The summed E-state index contributed by atoms with van der Waals surface area (Å²) in [5.41, 5.74) is 0. The Hall–Kier alpha value is -2.26. The highest BCUT2D eigenvalue weighted by molar-refractivity contribution is 7.46. The Bertz CT molecular complexity index is 418. The van der Waals surface area contributed by atoms with Gasteiger partial charge in [0.05, 0.1) is 6.61 Å². The number of aliphatic carboxylic acids is 2. The van der Waals surface area contributed by atoms with E-state index < -0.39 is 25.7 Å². The van der Waals surface area contributed by atoms with Gasteiger partial charge in [-0.1, -0.05) is 19.7 Å². The van der Waals surface area contributed by atoms with E-state index in [0.717, 1.165) is 18.2 Å². The van der Waals surface area contributed by atoms with Gasteiger partial charge in [-0.3, -0.25) is 4.52 Å². The van der Waals surface area contributed by atoms with Crippen molar-refractivity contribution in [1.82, 2.24) is 0 Å². The summed E-state index contributed by atoms with van der Waals surface area (Å²) in [5, 5.41) is 15.2. The molecule has 0 spiro atoms. The maximum atomic E-state index is 10.3. The first-order chi connectivity index (χ1) is 9.99. The maximum Gasteiger partial charge on any atom is 0.469 e. The third-order valence-electron chi connectivity index (χ3n) is 1.10. The predicted octanol–water partition coefficient (Wildman–Crippen LogP) is 0.339. The van der Waals surface area contributed by atoms with Gasteiger partial charge >= 0.3 is 25.7 Å². The minimum atomic E-state index is -4.45. The number of rotatable bonds is 7. The molecule has 0 aromatic rings. The Kier molecular flexibility index (Phi) is 17.0. The highest BCUT2D eigenvalue weighted by atomic mass is 31.2. The van der Waals surface area contributed by atoms with Crippen molar-refractivity contribution in [3.8, 4) is 0 Å². The summed E-state index contributed by atoms with van der Waals surface area (Å²) in [7, 11) is -4.45. The number of phosphoric acid groups is 1. The monoisotopic (exact) mass is 340 g/mol. The van der Waals surface area contributed by atoms with Crippen LogP contribution in [0.4, 0.5) is 0 Å². The van der Waals surface area contributed by atoms with Gasteiger partial charge in [-0.15, -0.1) is 0 Å². The molecular formula is C11H17O10P. The average Bonchev–Trinajstić information content (AvgIpc) is 2.43. The van der Waals surface area contributed by atoms with Crippen LogP contribution in [0.2, 0.25) is 0 Å². The molecule has 0 aliphatic rings. The van der Waals surface area contributed by atoms with Crippen molar-refractivity contribution in [3.63, 3.8) is 0 Å². The van der Waals surface area contributed by atoms with Crippen LogP contribution in [0.5, 0.6) is 0 Å². The lowest BCUT2D eigenvalue weighted by Crippen LogP contribution is -2.07. The molecule has 0 saturated heterocycles. The fourth-order valence-corrected chi connectivity index (χ4v) is 0.670. The quantitative estimate of drug-likeness (QED) is 0.219. The molecule has 126 valence electrons. The molecule has 0 saturated carbocycles. The standard InChI is InChI=1S/C5H9O6P.2C3H4O2/c1-2-5(6)10-3-4-11-12(7,8)9;2*1-2-3(4)5/h2H,1,3-4H2,(H2,7,8,9);2*2H,1H2,(H,4,5). The van der Waals surface area contributed by atoms with Gasteiger partial charge in [0.25, 0.3) is 0 Å². The summed E-state index contributed by atoms with van der Waals surface area (Å²) < 4.78 is 18.4. The van der Waals surface area contributed by atoms with Crippen molar-refractivity contribution in [1.29, 1.82) is 0 Å². The Morgan fingerprint density at radius 1 is 0.909 bits per heavy atom. The van der Waals surface area contributed by atoms with E-state index in [2.05, 4.69) is 29.0 Å². The van der Waals surface area contributed by atoms with Crippen LogP contribution in [0.1, 0.15) is 0 Å². The molecule has 0 radical (unpaired) electrons. The third kappa shape index (κ3) is 36.1. The second-order valence-electron chi connectivity index (χ2n) is 2.78. The Labute approximate surface area is 126 Å². The van der Waals surface area contributed by atoms with Crippen molar-refractivity contribution in [2.75, 3.05) is 13.2 Å². The summed E-state index contributed by atoms with van der Waals surface area (Å²) >= 11 is 0. The number of carboxylic acids is 2. The van der Waals surface area contributed by atoms with Gasteiger partial charge in [0.15, 0.2) is 0 Å². The van der Waals surface area contributed by atoms with Crippen LogP contribution in [0.3, 0.4) is 0 Å². The zero-order valence-electron chi connectivity index (χ0n) is 11.5. The number of carbonyl (C=O) groups is 3. The van der Waals surface area contributed by atoms with Crippen molar-refractivity contribution >= 4 is 25.7 Å². The second kappa shape index (κ2) is 15.1. The SMILES string of the molecule is C=CC(=O)O.C=CC(=O)O.C=CC(=O)OCCOP(=O)(O)O. The molecule has 22 heavy (non-hydrogen) atoms. The molecule has 0 aromatic heterocycles. The lowest BCUT2D eigenvalue weighted by atomic mass is 10.6. The van der Waals surface area contributed by atoms with Gasteiger partial charge < -0.3 is 24.7 Å². The minimum Gasteiger partial charge on any atom is -0.478 e. The largest absolute Gasteiger partial charge is 0.478 e. The molecule has 0 rings (SSSR count). The van der Waals surface area contributed by atoms with E-state index in [1.54, 1.807) is 0 Å². The number of esters is 1. The molecule has 11 heteroatoms. The Morgan fingerprint density at radius 2 is 1.27 bits per heavy atom. The summed E-state index contributed by atoms with van der Waals surface area (Å²) in [4.78, 5) is 45.2. The zero-order chi connectivity index (χ0) is 18.2. The highest BCUT2D eigenvalue weighted by Gasteiger charge is 2.12. The average molecular weight is 340 g/mol. The van der Waals surface area contributed by atoms with E-state index in [-0.39, 0.29) is 13.2 Å². The number of hydrogen-bond donors (Lipinski definition) is 4. The molecule has 0 bridgehead atoms. The van der Waals surface area contributed by atoms with Crippen LogP contribution >= 0.6 is 7.82 Å². The van der Waals surface area contributed by atoms with Gasteiger partial charge in [-0.05, 0) is 0 Å². The van der Waals surface area contributed by atoms with Crippen molar-refractivity contribution in [2.24, 2.45) is 0 Å². The number of carbonyl (C=O) groups excluding carboxylic acids is 1. The van der Waals surface area contributed by atoms with Gasteiger partial charge in [-0.25, -0.2) is 18.9 Å². The predicted molar refractivity (Wildman–Crippen MR) is 74.8 cm³/mol. The van der Waals surface area contributed by atoms with Gasteiger partial charge in [-0.2, -0.15) is 0 Å². The molecule has 0 aromatic carbocycles. The number of carboxylic acid groups (broad SMARTS) is 2. The molecular weight excluding hydrogens is 323 g/mol. The lowest BCUT2D eigenvalue weighted by Gasteiger charge is -2.04. The first-order valence-corrected chi connectivity index (χ1v) is 6.73. The molecule has 0 unspecified atom stereocenters. The minimum absolute atomic E-state index is 0.212. The number of phosphoric ester groups is 1. The van der Waals surface area contributed by atoms with E-state index in [4.69, 9.17) is 20.0 Å². The van der Waals surface area contributed by atoms with Gasteiger partial charge in [0.1, 0.15) is 6.61 Å². The highest BCUT2D eigenvalue weighted by Crippen LogP contribution is 2.35. The van der Waals surface area contributed by atoms with Gasteiger partial charge in [0, 0.05) is 18.2 Å². The van der Waals surface area contributed by atoms with Crippen molar-refractivity contribution in [3.05, 3.63) is 38.0 Å². The fourth-order valence-electron chi connectivity index (χ4n) is 0.357. The number of hydrogen-bond acceptors (Lipinski definition) is 6.